The molecule has 0 bridgehead atoms. The maximum Gasteiger partial charge on any atom is 0.274 e. The van der Waals surface area contributed by atoms with Crippen LogP contribution < -0.4 is 22.4 Å². The van der Waals surface area contributed by atoms with Crippen LogP contribution in [0.15, 0.2) is 72.6 Å². The summed E-state index contributed by atoms with van der Waals surface area (Å²) >= 11 is 0. The zero-order chi connectivity index (χ0) is 25.5. The summed E-state index contributed by atoms with van der Waals surface area (Å²) in [5, 5.41) is 24.8. The summed E-state index contributed by atoms with van der Waals surface area (Å²) in [5.74, 6) is 2.07. The van der Waals surface area contributed by atoms with Crippen LogP contribution in [-0.2, 0) is 11.2 Å². The van der Waals surface area contributed by atoms with Crippen molar-refractivity contribution >= 4 is 22.6 Å². The third kappa shape index (κ3) is 6.51. The number of benzene rings is 3. The van der Waals surface area contributed by atoms with Gasteiger partial charge in [0, 0.05) is 17.5 Å². The summed E-state index contributed by atoms with van der Waals surface area (Å²) in [5.41, 5.74) is 8.02. The standard InChI is InChI=1S/C24H25F2N5O4/c25-19-8-7-17(11-20(19)26)23(33)29-12-18(27)13-31(28)21(22(32)24(34)30-35)10-14-5-6-15-3-1-2-4-16(15)9-14/h1-9,11,13,21-22,32,35H,10,12,27-28H2,(H,29,33)(H,30,34)/b18-13-. The average molecular weight is 485 g/mol. The predicted molar refractivity (Wildman–Crippen MR) is 124 cm³/mol. The quantitative estimate of drug-likeness (QED) is 0.152. The molecular formula is C24H25F2N5O4. The molecule has 0 saturated heterocycles. The van der Waals surface area contributed by atoms with Gasteiger partial charge < -0.3 is 21.2 Å². The molecule has 0 heterocycles. The number of nitrogens with zero attached hydrogens (tertiary/aromatic N) is 1. The normalized spacial score (nSPS) is 13.2. The maximum absolute atomic E-state index is 13.3. The Hall–Kier alpha value is -4.06. The minimum atomic E-state index is -1.72. The smallest absolute Gasteiger partial charge is 0.274 e. The largest absolute Gasteiger partial charge is 0.399 e. The molecule has 35 heavy (non-hydrogen) atoms. The number of hydrogen-bond donors (Lipinski definition) is 6. The van der Waals surface area contributed by atoms with E-state index in [1.807, 2.05) is 42.5 Å². The molecule has 8 N–H and O–H groups in total. The van der Waals surface area contributed by atoms with Gasteiger partial charge in [-0.2, -0.15) is 0 Å². The van der Waals surface area contributed by atoms with Crippen molar-refractivity contribution in [1.82, 2.24) is 15.8 Å². The number of rotatable bonds is 9. The minimum absolute atomic E-state index is 0.0450. The second-order valence-electron chi connectivity index (χ2n) is 7.84. The third-order valence-electron chi connectivity index (χ3n) is 5.33. The molecule has 0 fully saturated rings. The Morgan fingerprint density at radius 3 is 2.43 bits per heavy atom. The zero-order valence-electron chi connectivity index (χ0n) is 18.5. The average Bonchev–Trinajstić information content (AvgIpc) is 2.86. The first-order valence-electron chi connectivity index (χ1n) is 10.5. The lowest BCUT2D eigenvalue weighted by atomic mass is 9.98. The lowest BCUT2D eigenvalue weighted by molar-refractivity contribution is -0.141. The molecule has 3 rings (SSSR count). The first-order chi connectivity index (χ1) is 16.7. The molecule has 0 saturated carbocycles. The monoisotopic (exact) mass is 485 g/mol. The van der Waals surface area contributed by atoms with Gasteiger partial charge in [-0.25, -0.2) is 20.1 Å². The Labute approximate surface area is 199 Å². The number of hydrazine groups is 1. The van der Waals surface area contributed by atoms with Crippen molar-refractivity contribution in [3.05, 3.63) is 95.3 Å². The van der Waals surface area contributed by atoms with Crippen molar-refractivity contribution in [3.8, 4) is 0 Å². The second-order valence-corrected chi connectivity index (χ2v) is 7.84. The molecule has 0 aliphatic heterocycles. The number of hydrogen-bond acceptors (Lipinski definition) is 7. The van der Waals surface area contributed by atoms with Gasteiger partial charge in [0.15, 0.2) is 17.7 Å². The second kappa shape index (κ2) is 11.4. The molecule has 0 spiro atoms. The molecule has 0 aliphatic rings. The molecule has 0 radical (unpaired) electrons. The summed E-state index contributed by atoms with van der Waals surface area (Å²) in [6.07, 6.45) is -0.399. The van der Waals surface area contributed by atoms with E-state index in [0.717, 1.165) is 39.5 Å². The predicted octanol–water partition coefficient (Wildman–Crippen LogP) is 1.30. The summed E-state index contributed by atoms with van der Waals surface area (Å²) in [7, 11) is 0. The minimum Gasteiger partial charge on any atom is -0.399 e. The molecule has 9 nitrogen and oxygen atoms in total. The molecule has 2 amide bonds. The lowest BCUT2D eigenvalue weighted by Crippen LogP contribution is -2.52. The van der Waals surface area contributed by atoms with Crippen molar-refractivity contribution < 1.29 is 28.7 Å². The number of carbonyl (C=O) groups is 2. The van der Waals surface area contributed by atoms with Gasteiger partial charge in [0.25, 0.3) is 11.8 Å². The maximum atomic E-state index is 13.3. The molecule has 3 aromatic rings. The van der Waals surface area contributed by atoms with Gasteiger partial charge in [0.05, 0.1) is 12.6 Å². The van der Waals surface area contributed by atoms with Gasteiger partial charge in [-0.05, 0) is 41.0 Å². The first kappa shape index (κ1) is 25.6. The fourth-order valence-electron chi connectivity index (χ4n) is 3.48. The third-order valence-corrected chi connectivity index (χ3v) is 5.33. The Balaban J connectivity index is 1.73. The topological polar surface area (TPSA) is 154 Å². The molecule has 0 aliphatic carbocycles. The van der Waals surface area contributed by atoms with E-state index in [9.17, 15) is 23.5 Å². The molecule has 2 unspecified atom stereocenters. The Kier molecular flexibility index (Phi) is 8.31. The summed E-state index contributed by atoms with van der Waals surface area (Å²) < 4.78 is 26.4. The number of fused-ring (bicyclic) bond motifs is 1. The zero-order valence-corrected chi connectivity index (χ0v) is 18.5. The van der Waals surface area contributed by atoms with E-state index in [4.69, 9.17) is 16.8 Å². The molecule has 11 heteroatoms. The van der Waals surface area contributed by atoms with E-state index in [2.05, 4.69) is 5.32 Å². The van der Waals surface area contributed by atoms with Gasteiger partial charge >= 0.3 is 0 Å². The van der Waals surface area contributed by atoms with Crippen LogP contribution in [0.25, 0.3) is 10.8 Å². The van der Waals surface area contributed by atoms with E-state index in [1.165, 1.54) is 11.7 Å². The van der Waals surface area contributed by atoms with E-state index >= 15 is 0 Å². The van der Waals surface area contributed by atoms with Crippen LogP contribution in [0, 0.1) is 11.6 Å². The van der Waals surface area contributed by atoms with Crippen molar-refractivity contribution in [2.24, 2.45) is 11.6 Å². The van der Waals surface area contributed by atoms with Crippen molar-refractivity contribution in [2.45, 2.75) is 18.6 Å². The van der Waals surface area contributed by atoms with Crippen LogP contribution in [0.3, 0.4) is 0 Å². The summed E-state index contributed by atoms with van der Waals surface area (Å²) in [6.45, 7) is -0.212. The SMILES string of the molecule is N/C(=C\N(N)C(Cc1ccc2ccccc2c1)C(O)C(=O)NO)CNC(=O)c1ccc(F)c(F)c1. The highest BCUT2D eigenvalue weighted by Gasteiger charge is 2.29. The van der Waals surface area contributed by atoms with Crippen molar-refractivity contribution in [3.63, 3.8) is 0 Å². The van der Waals surface area contributed by atoms with Crippen LogP contribution in [0.1, 0.15) is 15.9 Å². The molecule has 3 aromatic carbocycles. The van der Waals surface area contributed by atoms with Crippen LogP contribution in [0.5, 0.6) is 0 Å². The van der Waals surface area contributed by atoms with Gasteiger partial charge in [0.2, 0.25) is 0 Å². The number of halogens is 2. The van der Waals surface area contributed by atoms with Crippen LogP contribution in [0.4, 0.5) is 8.78 Å². The van der Waals surface area contributed by atoms with Crippen LogP contribution in [-0.4, -0.2) is 45.8 Å². The number of hydroxylamine groups is 1. The number of nitrogens with two attached hydrogens (primary N) is 2. The molecule has 0 aromatic heterocycles. The fourth-order valence-corrected chi connectivity index (χ4v) is 3.48. The highest BCUT2D eigenvalue weighted by molar-refractivity contribution is 5.94. The summed E-state index contributed by atoms with van der Waals surface area (Å²) in [6, 6.07) is 14.9. The highest BCUT2D eigenvalue weighted by atomic mass is 19.2. The van der Waals surface area contributed by atoms with Crippen molar-refractivity contribution in [1.29, 1.82) is 0 Å². The number of aliphatic hydroxyl groups is 1. The molecular weight excluding hydrogens is 460 g/mol. The lowest BCUT2D eigenvalue weighted by Gasteiger charge is -2.30. The summed E-state index contributed by atoms with van der Waals surface area (Å²) in [4.78, 5) is 24.1. The van der Waals surface area contributed by atoms with Crippen LogP contribution >= 0.6 is 0 Å². The van der Waals surface area contributed by atoms with E-state index < -0.39 is 35.6 Å². The number of aliphatic hydroxyl groups excluding tert-OH is 1. The Morgan fingerprint density at radius 2 is 1.74 bits per heavy atom. The van der Waals surface area contributed by atoms with Crippen LogP contribution in [0.2, 0.25) is 0 Å². The van der Waals surface area contributed by atoms with E-state index in [1.54, 1.807) is 0 Å². The highest BCUT2D eigenvalue weighted by Crippen LogP contribution is 2.19. The van der Waals surface area contributed by atoms with E-state index in [-0.39, 0.29) is 24.2 Å². The Morgan fingerprint density at radius 1 is 1.03 bits per heavy atom. The Bertz CT molecular complexity index is 1250. The molecule has 184 valence electrons. The van der Waals surface area contributed by atoms with Crippen molar-refractivity contribution in [2.75, 3.05) is 6.54 Å². The number of carbonyl (C=O) groups excluding carboxylic acids is 2. The molecule has 2 atom stereocenters. The van der Waals surface area contributed by atoms with Gasteiger partial charge in [0.1, 0.15) is 0 Å². The van der Waals surface area contributed by atoms with Gasteiger partial charge in [-0.1, -0.05) is 42.5 Å². The van der Waals surface area contributed by atoms with Gasteiger partial charge in [-0.3, -0.25) is 14.8 Å². The number of amides is 2. The first-order valence-corrected chi connectivity index (χ1v) is 10.5. The van der Waals surface area contributed by atoms with E-state index in [0.29, 0.717) is 0 Å². The van der Waals surface area contributed by atoms with Gasteiger partial charge in [-0.15, -0.1) is 0 Å². The fraction of sp³-hybridized carbons (Fsp3) is 0.167. The number of nitrogens with one attached hydrogen (secondary N) is 2.